The summed E-state index contributed by atoms with van der Waals surface area (Å²) in [6.07, 6.45) is -2.63. The number of amides is 1. The lowest BCUT2D eigenvalue weighted by Crippen LogP contribution is -2.55. The maximum Gasteiger partial charge on any atom is 0.418 e. The first-order valence-corrected chi connectivity index (χ1v) is 14.0. The molecule has 1 aromatic heterocycles. The highest BCUT2D eigenvalue weighted by Crippen LogP contribution is 2.39. The van der Waals surface area contributed by atoms with E-state index in [1.54, 1.807) is 15.9 Å². The molecule has 224 valence electrons. The van der Waals surface area contributed by atoms with E-state index in [4.69, 9.17) is 9.72 Å². The van der Waals surface area contributed by atoms with Crippen LogP contribution in [-0.4, -0.2) is 95.3 Å². The number of nitriles is 1. The van der Waals surface area contributed by atoms with E-state index < -0.39 is 17.8 Å². The van der Waals surface area contributed by atoms with Gasteiger partial charge in [0.25, 0.3) is 0 Å². The Morgan fingerprint density at radius 1 is 1.19 bits per heavy atom. The quantitative estimate of drug-likeness (QED) is 0.491. The van der Waals surface area contributed by atoms with Crippen LogP contribution in [0.4, 0.5) is 24.7 Å². The Morgan fingerprint density at radius 2 is 1.98 bits per heavy atom. The van der Waals surface area contributed by atoms with Gasteiger partial charge in [-0.2, -0.15) is 28.4 Å². The summed E-state index contributed by atoms with van der Waals surface area (Å²) in [5.74, 6) is 0.359. The highest BCUT2D eigenvalue weighted by Gasteiger charge is 2.37. The van der Waals surface area contributed by atoms with Crippen LogP contribution in [0.5, 0.6) is 6.01 Å². The summed E-state index contributed by atoms with van der Waals surface area (Å²) in [7, 11) is 1.90. The number of β-amino-alcohol motifs (C(OH)–C–C–N with tert-alkyl or cyclic N) is 1. The highest BCUT2D eigenvalue weighted by molar-refractivity contribution is 5.87. The molecule has 0 saturated carbocycles. The van der Waals surface area contributed by atoms with E-state index in [2.05, 4.69) is 17.6 Å². The molecule has 13 heteroatoms. The van der Waals surface area contributed by atoms with Gasteiger partial charge in [-0.05, 0) is 38.1 Å². The predicted octanol–water partition coefficient (Wildman–Crippen LogP) is 2.62. The molecular formula is C29H34F3N7O3. The van der Waals surface area contributed by atoms with Gasteiger partial charge in [-0.1, -0.05) is 18.7 Å². The normalized spacial score (nSPS) is 23.0. The van der Waals surface area contributed by atoms with Gasteiger partial charge in [0.1, 0.15) is 12.4 Å². The van der Waals surface area contributed by atoms with Crippen molar-refractivity contribution in [2.75, 3.05) is 56.2 Å². The molecule has 0 spiro atoms. The summed E-state index contributed by atoms with van der Waals surface area (Å²) < 4.78 is 47.5. The number of piperazine rings is 1. The zero-order valence-electron chi connectivity index (χ0n) is 23.4. The molecule has 1 amide bonds. The van der Waals surface area contributed by atoms with Crippen LogP contribution in [0.25, 0.3) is 0 Å². The van der Waals surface area contributed by atoms with Crippen LogP contribution in [-0.2, 0) is 23.9 Å². The molecule has 0 radical (unpaired) electrons. The number of para-hydroxylation sites is 1. The Labute approximate surface area is 242 Å². The number of ether oxygens (including phenoxy) is 1. The number of anilines is 2. The minimum Gasteiger partial charge on any atom is -0.462 e. The van der Waals surface area contributed by atoms with E-state index in [1.165, 1.54) is 18.2 Å². The number of carbonyl (C=O) groups is 1. The lowest BCUT2D eigenvalue weighted by molar-refractivity contribution is -0.137. The van der Waals surface area contributed by atoms with Gasteiger partial charge < -0.3 is 24.5 Å². The smallest absolute Gasteiger partial charge is 0.418 e. The molecule has 2 unspecified atom stereocenters. The van der Waals surface area contributed by atoms with Gasteiger partial charge in [-0.15, -0.1) is 0 Å². The molecule has 1 N–H and O–H groups in total. The van der Waals surface area contributed by atoms with Crippen molar-refractivity contribution >= 4 is 17.4 Å². The second-order valence-corrected chi connectivity index (χ2v) is 10.9. The minimum atomic E-state index is -4.50. The number of hydrogen-bond donors (Lipinski definition) is 1. The van der Waals surface area contributed by atoms with Gasteiger partial charge in [0.2, 0.25) is 5.91 Å². The average Bonchev–Trinajstić information content (AvgIpc) is 3.30. The van der Waals surface area contributed by atoms with Crippen LogP contribution in [0.1, 0.15) is 29.7 Å². The standard InChI is InChI=1S/C29H34F3N7O3/c1-3-26(41)39-13-12-38(15-19(39)8-10-33)27-22-9-11-37(25-7-5-4-6-23(25)29(30,31)32)17-24(22)34-28(35-27)42-18-20-14-21(40)16-36(20)2/h3-7,19-21,40H,1,8-9,11-18H2,2H3/t19?,20?,21-/m1/s1. The van der Waals surface area contributed by atoms with Crippen LogP contribution in [0, 0.1) is 11.3 Å². The van der Waals surface area contributed by atoms with Gasteiger partial charge >= 0.3 is 12.2 Å². The van der Waals surface area contributed by atoms with E-state index in [0.717, 1.165) is 11.6 Å². The number of aliphatic hydroxyl groups is 1. The van der Waals surface area contributed by atoms with Crippen molar-refractivity contribution in [3.8, 4) is 12.1 Å². The minimum absolute atomic E-state index is 0.0355. The number of alkyl halides is 3. The van der Waals surface area contributed by atoms with Gasteiger partial charge in [-0.3, -0.25) is 9.69 Å². The second-order valence-electron chi connectivity index (χ2n) is 10.9. The largest absolute Gasteiger partial charge is 0.462 e. The number of carbonyl (C=O) groups excluding carboxylic acids is 1. The van der Waals surface area contributed by atoms with Gasteiger partial charge in [-0.25, -0.2) is 0 Å². The molecule has 2 fully saturated rings. The molecule has 1 aromatic carbocycles. The SMILES string of the molecule is C=CC(=O)N1CCN(c2nc(OCC3C[C@@H](O)CN3C)nc3c2CCN(c2ccccc2C(F)(F)F)C3)CC1CC#N. The molecule has 42 heavy (non-hydrogen) atoms. The Hall–Kier alpha value is -3.89. The van der Waals surface area contributed by atoms with Gasteiger partial charge in [0.05, 0.1) is 42.4 Å². The lowest BCUT2D eigenvalue weighted by Gasteiger charge is -2.42. The number of likely N-dealkylation sites (tertiary alicyclic amines) is 1. The lowest BCUT2D eigenvalue weighted by atomic mass is 10.0. The van der Waals surface area contributed by atoms with Gasteiger partial charge in [0, 0.05) is 50.0 Å². The third kappa shape index (κ3) is 6.15. The number of aliphatic hydroxyl groups excluding tert-OH is 1. The summed E-state index contributed by atoms with van der Waals surface area (Å²) in [5.41, 5.74) is 0.769. The molecule has 2 saturated heterocycles. The summed E-state index contributed by atoms with van der Waals surface area (Å²) in [6, 6.07) is 7.36. The fraction of sp³-hybridized carbons (Fsp3) is 0.517. The first-order valence-electron chi connectivity index (χ1n) is 14.0. The molecular weight excluding hydrogens is 551 g/mol. The summed E-state index contributed by atoms with van der Waals surface area (Å²) in [6.45, 7) is 5.98. The number of rotatable bonds is 7. The fourth-order valence-electron chi connectivity index (χ4n) is 6.06. The highest BCUT2D eigenvalue weighted by atomic mass is 19.4. The first kappa shape index (κ1) is 29.6. The molecule has 0 bridgehead atoms. The number of halogens is 3. The molecule has 2 aromatic rings. The van der Waals surface area contributed by atoms with Crippen molar-refractivity contribution in [1.29, 1.82) is 5.26 Å². The van der Waals surface area contributed by atoms with Crippen molar-refractivity contribution in [3.05, 3.63) is 53.7 Å². The fourth-order valence-corrected chi connectivity index (χ4v) is 6.06. The van der Waals surface area contributed by atoms with Crippen LogP contribution in [0.15, 0.2) is 36.9 Å². The van der Waals surface area contributed by atoms with E-state index in [9.17, 15) is 28.3 Å². The molecule has 10 nitrogen and oxygen atoms in total. The maximum atomic E-state index is 13.8. The van der Waals surface area contributed by atoms with Crippen LogP contribution in [0.3, 0.4) is 0 Å². The number of aromatic nitrogens is 2. The van der Waals surface area contributed by atoms with Crippen LogP contribution >= 0.6 is 0 Å². The Morgan fingerprint density at radius 3 is 2.67 bits per heavy atom. The number of hydrogen-bond acceptors (Lipinski definition) is 9. The first-order chi connectivity index (χ1) is 20.1. The zero-order chi connectivity index (χ0) is 30.0. The van der Waals surface area contributed by atoms with E-state index in [1.807, 2.05) is 16.8 Å². The number of nitrogens with zero attached hydrogens (tertiary/aromatic N) is 7. The molecule has 3 atom stereocenters. The van der Waals surface area contributed by atoms with Crippen molar-refractivity contribution in [1.82, 2.24) is 19.8 Å². The van der Waals surface area contributed by atoms with Crippen molar-refractivity contribution in [2.45, 2.75) is 50.2 Å². The molecule has 4 heterocycles. The Balaban J connectivity index is 1.47. The third-order valence-corrected chi connectivity index (χ3v) is 8.21. The van der Waals surface area contributed by atoms with E-state index in [0.29, 0.717) is 57.1 Å². The second kappa shape index (κ2) is 12.1. The predicted molar refractivity (Wildman–Crippen MR) is 149 cm³/mol. The van der Waals surface area contributed by atoms with Crippen LogP contribution in [0.2, 0.25) is 0 Å². The van der Waals surface area contributed by atoms with Crippen molar-refractivity contribution in [3.63, 3.8) is 0 Å². The molecule has 0 aliphatic carbocycles. The average molecular weight is 586 g/mol. The number of fused-ring (bicyclic) bond motifs is 1. The molecule has 3 aliphatic heterocycles. The van der Waals surface area contributed by atoms with Crippen molar-refractivity contribution < 1.29 is 27.8 Å². The summed E-state index contributed by atoms with van der Waals surface area (Å²) in [4.78, 5) is 29.2. The van der Waals surface area contributed by atoms with E-state index >= 15 is 0 Å². The van der Waals surface area contributed by atoms with E-state index in [-0.39, 0.29) is 49.3 Å². The molecule has 3 aliphatic rings. The van der Waals surface area contributed by atoms with Gasteiger partial charge in [0.15, 0.2) is 0 Å². The Kier molecular flexibility index (Phi) is 8.56. The molecule has 5 rings (SSSR count). The zero-order valence-corrected chi connectivity index (χ0v) is 23.4. The topological polar surface area (TPSA) is 109 Å². The number of benzene rings is 1. The summed E-state index contributed by atoms with van der Waals surface area (Å²) >= 11 is 0. The van der Waals surface area contributed by atoms with Crippen molar-refractivity contribution in [2.24, 2.45) is 0 Å². The summed E-state index contributed by atoms with van der Waals surface area (Å²) in [5, 5.41) is 19.5. The Bertz CT molecular complexity index is 1360. The number of likely N-dealkylation sites (N-methyl/N-ethyl adjacent to an activating group) is 1. The maximum absolute atomic E-state index is 13.8. The van der Waals surface area contributed by atoms with Crippen LogP contribution < -0.4 is 14.5 Å². The monoisotopic (exact) mass is 585 g/mol. The third-order valence-electron chi connectivity index (χ3n) is 8.21.